The van der Waals surface area contributed by atoms with Gasteiger partial charge in [-0.15, -0.1) is 0 Å². The van der Waals surface area contributed by atoms with Crippen molar-refractivity contribution < 1.29 is 14.1 Å². The predicted molar refractivity (Wildman–Crippen MR) is 77.3 cm³/mol. The van der Waals surface area contributed by atoms with E-state index in [1.54, 1.807) is 12.1 Å². The molecule has 0 unspecified atom stereocenters. The van der Waals surface area contributed by atoms with E-state index >= 15 is 0 Å². The molecule has 0 aliphatic heterocycles. The standard InChI is InChI=1S/C14H12ClFN2O3/c1-17-8-9-2-4-10(5-3-9)21-14-7-12(16)11(15)6-13(14)18(19)20/h2-7,17H,8H2,1H3. The molecule has 0 aliphatic rings. The molecule has 0 bridgehead atoms. The molecule has 2 aromatic rings. The lowest BCUT2D eigenvalue weighted by Crippen LogP contribution is -2.04. The lowest BCUT2D eigenvalue weighted by Gasteiger charge is -2.08. The lowest BCUT2D eigenvalue weighted by atomic mass is 10.2. The molecule has 0 spiro atoms. The number of hydrogen-bond acceptors (Lipinski definition) is 4. The first-order valence-electron chi connectivity index (χ1n) is 6.06. The van der Waals surface area contributed by atoms with Gasteiger partial charge in [0.1, 0.15) is 11.6 Å². The van der Waals surface area contributed by atoms with Gasteiger partial charge in [-0.1, -0.05) is 23.7 Å². The van der Waals surface area contributed by atoms with Crippen LogP contribution in [-0.4, -0.2) is 12.0 Å². The first kappa shape index (κ1) is 15.2. The zero-order chi connectivity index (χ0) is 15.4. The molecule has 0 saturated heterocycles. The highest BCUT2D eigenvalue weighted by Crippen LogP contribution is 2.35. The molecule has 7 heteroatoms. The van der Waals surface area contributed by atoms with Crippen molar-refractivity contribution in [1.29, 1.82) is 0 Å². The Morgan fingerprint density at radius 1 is 1.33 bits per heavy atom. The molecule has 0 saturated carbocycles. The smallest absolute Gasteiger partial charge is 0.313 e. The minimum absolute atomic E-state index is 0.191. The van der Waals surface area contributed by atoms with E-state index in [4.69, 9.17) is 16.3 Å². The Morgan fingerprint density at radius 2 is 2.00 bits per heavy atom. The normalized spacial score (nSPS) is 10.4. The van der Waals surface area contributed by atoms with Crippen LogP contribution in [0.2, 0.25) is 5.02 Å². The number of hydrogen-bond donors (Lipinski definition) is 1. The van der Waals surface area contributed by atoms with Gasteiger partial charge in [0, 0.05) is 18.7 Å². The van der Waals surface area contributed by atoms with Gasteiger partial charge in [0.25, 0.3) is 0 Å². The van der Waals surface area contributed by atoms with Crippen LogP contribution in [0.3, 0.4) is 0 Å². The van der Waals surface area contributed by atoms with Crippen molar-refractivity contribution >= 4 is 17.3 Å². The van der Waals surface area contributed by atoms with E-state index < -0.39 is 10.7 Å². The number of nitrogens with one attached hydrogen (secondary N) is 1. The monoisotopic (exact) mass is 310 g/mol. The maximum atomic E-state index is 13.4. The summed E-state index contributed by atoms with van der Waals surface area (Å²) < 4.78 is 18.8. The Balaban J connectivity index is 2.30. The summed E-state index contributed by atoms with van der Waals surface area (Å²) in [5.41, 5.74) is 0.641. The number of halogens is 2. The van der Waals surface area contributed by atoms with E-state index in [2.05, 4.69) is 5.32 Å². The van der Waals surface area contributed by atoms with Gasteiger partial charge in [0.15, 0.2) is 0 Å². The molecule has 0 amide bonds. The van der Waals surface area contributed by atoms with Crippen LogP contribution in [0, 0.1) is 15.9 Å². The number of rotatable bonds is 5. The second kappa shape index (κ2) is 6.51. The summed E-state index contributed by atoms with van der Waals surface area (Å²) in [6, 6.07) is 8.77. The molecule has 0 atom stereocenters. The van der Waals surface area contributed by atoms with Crippen LogP contribution in [0.15, 0.2) is 36.4 Å². The molecular weight excluding hydrogens is 299 g/mol. The van der Waals surface area contributed by atoms with Gasteiger partial charge in [-0.05, 0) is 24.7 Å². The number of nitrogens with zero attached hydrogens (tertiary/aromatic N) is 1. The van der Waals surface area contributed by atoms with Crippen LogP contribution in [-0.2, 0) is 6.54 Å². The zero-order valence-electron chi connectivity index (χ0n) is 11.1. The molecule has 0 aromatic heterocycles. The summed E-state index contributed by atoms with van der Waals surface area (Å²) in [7, 11) is 1.82. The molecule has 2 aromatic carbocycles. The molecule has 0 heterocycles. The number of benzene rings is 2. The SMILES string of the molecule is CNCc1ccc(Oc2cc(F)c(Cl)cc2[N+](=O)[O-])cc1. The fourth-order valence-electron chi connectivity index (χ4n) is 1.75. The third-order valence-corrected chi connectivity index (χ3v) is 3.02. The average Bonchev–Trinajstić information content (AvgIpc) is 2.44. The Kier molecular flexibility index (Phi) is 4.72. The Labute approximate surface area is 125 Å². The number of ether oxygens (including phenoxy) is 1. The third-order valence-electron chi connectivity index (χ3n) is 2.73. The molecular formula is C14H12ClFN2O3. The lowest BCUT2D eigenvalue weighted by molar-refractivity contribution is -0.385. The maximum Gasteiger partial charge on any atom is 0.313 e. The summed E-state index contributed by atoms with van der Waals surface area (Å²) >= 11 is 5.55. The van der Waals surface area contributed by atoms with Gasteiger partial charge >= 0.3 is 5.69 Å². The molecule has 1 N–H and O–H groups in total. The van der Waals surface area contributed by atoms with Crippen LogP contribution in [0.4, 0.5) is 10.1 Å². The van der Waals surface area contributed by atoms with Crippen LogP contribution >= 0.6 is 11.6 Å². The Morgan fingerprint density at radius 3 is 2.57 bits per heavy atom. The van der Waals surface area contributed by atoms with E-state index in [9.17, 15) is 14.5 Å². The van der Waals surface area contributed by atoms with Crippen LogP contribution < -0.4 is 10.1 Å². The molecule has 0 fully saturated rings. The van der Waals surface area contributed by atoms with Gasteiger partial charge in [0.05, 0.1) is 9.95 Å². The summed E-state index contributed by atoms with van der Waals surface area (Å²) in [6.07, 6.45) is 0. The van der Waals surface area contributed by atoms with E-state index in [0.717, 1.165) is 17.7 Å². The average molecular weight is 311 g/mol. The zero-order valence-corrected chi connectivity index (χ0v) is 11.9. The minimum Gasteiger partial charge on any atom is -0.450 e. The highest BCUT2D eigenvalue weighted by atomic mass is 35.5. The van der Waals surface area contributed by atoms with Gasteiger partial charge < -0.3 is 10.1 Å². The number of nitro benzene ring substituents is 1. The van der Waals surface area contributed by atoms with E-state index in [0.29, 0.717) is 12.3 Å². The largest absolute Gasteiger partial charge is 0.450 e. The van der Waals surface area contributed by atoms with Crippen molar-refractivity contribution in [1.82, 2.24) is 5.32 Å². The van der Waals surface area contributed by atoms with Crippen molar-refractivity contribution in [2.45, 2.75) is 6.54 Å². The molecule has 5 nitrogen and oxygen atoms in total. The van der Waals surface area contributed by atoms with E-state index in [-0.39, 0.29) is 16.5 Å². The predicted octanol–water partition coefficient (Wildman–Crippen LogP) is 3.90. The first-order chi connectivity index (χ1) is 10.0. The molecule has 21 heavy (non-hydrogen) atoms. The van der Waals surface area contributed by atoms with E-state index in [1.165, 1.54) is 0 Å². The maximum absolute atomic E-state index is 13.4. The molecule has 110 valence electrons. The van der Waals surface area contributed by atoms with Crippen LogP contribution in [0.5, 0.6) is 11.5 Å². The van der Waals surface area contributed by atoms with Crippen molar-refractivity contribution in [3.63, 3.8) is 0 Å². The summed E-state index contributed by atoms with van der Waals surface area (Å²) in [6.45, 7) is 0.690. The fourth-order valence-corrected chi connectivity index (χ4v) is 1.91. The van der Waals surface area contributed by atoms with Crippen molar-refractivity contribution in [3.8, 4) is 11.5 Å². The van der Waals surface area contributed by atoms with Crippen LogP contribution in [0.1, 0.15) is 5.56 Å². The van der Waals surface area contributed by atoms with Crippen LogP contribution in [0.25, 0.3) is 0 Å². The third kappa shape index (κ3) is 3.68. The fraction of sp³-hybridized carbons (Fsp3) is 0.143. The van der Waals surface area contributed by atoms with Gasteiger partial charge in [-0.2, -0.15) is 0 Å². The van der Waals surface area contributed by atoms with Crippen molar-refractivity contribution in [2.24, 2.45) is 0 Å². The minimum atomic E-state index is -0.774. The number of nitro groups is 1. The van der Waals surface area contributed by atoms with Gasteiger partial charge in [0.2, 0.25) is 5.75 Å². The van der Waals surface area contributed by atoms with Gasteiger partial charge in [-0.3, -0.25) is 10.1 Å². The first-order valence-corrected chi connectivity index (χ1v) is 6.44. The summed E-state index contributed by atoms with van der Waals surface area (Å²) in [5, 5.41) is 13.6. The quantitative estimate of drug-likeness (QED) is 0.672. The molecule has 2 rings (SSSR count). The second-order valence-electron chi connectivity index (χ2n) is 4.27. The topological polar surface area (TPSA) is 64.4 Å². The van der Waals surface area contributed by atoms with Crippen molar-refractivity contribution in [3.05, 3.63) is 62.9 Å². The Bertz CT molecular complexity index is 662. The Hall–Kier alpha value is -2.18. The van der Waals surface area contributed by atoms with Crippen molar-refractivity contribution in [2.75, 3.05) is 7.05 Å². The molecule has 0 aliphatic carbocycles. The summed E-state index contributed by atoms with van der Waals surface area (Å²) in [4.78, 5) is 10.3. The van der Waals surface area contributed by atoms with Gasteiger partial charge in [-0.25, -0.2) is 4.39 Å². The summed E-state index contributed by atoms with van der Waals surface area (Å²) in [5.74, 6) is -0.591. The van der Waals surface area contributed by atoms with E-state index in [1.807, 2.05) is 19.2 Å². The highest BCUT2D eigenvalue weighted by molar-refractivity contribution is 6.31. The second-order valence-corrected chi connectivity index (χ2v) is 4.67. The highest BCUT2D eigenvalue weighted by Gasteiger charge is 2.19. The molecule has 0 radical (unpaired) electrons.